The van der Waals surface area contributed by atoms with E-state index in [0.717, 1.165) is 5.56 Å². The van der Waals surface area contributed by atoms with Gasteiger partial charge in [0, 0.05) is 36.2 Å². The lowest BCUT2D eigenvalue weighted by Crippen LogP contribution is -2.08. The lowest BCUT2D eigenvalue weighted by Gasteiger charge is -2.16. The van der Waals surface area contributed by atoms with Crippen LogP contribution in [-0.4, -0.2) is 48.4 Å². The average molecular weight is 390 g/mol. The number of carbonyl (C=O) groups excluding carboxylic acids is 1. The molecule has 152 valence electrons. The minimum absolute atomic E-state index is 0.128. The molecule has 2 aromatic rings. The summed E-state index contributed by atoms with van der Waals surface area (Å²) in [5.74, 6) is 3.02. The quantitative estimate of drug-likeness (QED) is 0.575. The molecule has 0 heterocycles. The maximum Gasteiger partial charge on any atom is 0.170 e. The van der Waals surface area contributed by atoms with Crippen molar-refractivity contribution in [2.45, 2.75) is 12.8 Å². The Bertz CT molecular complexity index is 779. The van der Waals surface area contributed by atoms with Crippen LogP contribution < -0.4 is 28.4 Å². The maximum absolute atomic E-state index is 13.0. The number of carbonyl (C=O) groups is 1. The van der Waals surface area contributed by atoms with Crippen LogP contribution in [0.25, 0.3) is 0 Å². The van der Waals surface area contributed by atoms with Crippen molar-refractivity contribution in [3.8, 4) is 34.5 Å². The van der Waals surface area contributed by atoms with Crippen molar-refractivity contribution in [1.29, 1.82) is 0 Å². The number of rotatable bonds is 10. The molecule has 0 aromatic heterocycles. The Balaban J connectivity index is 2.35. The second kappa shape index (κ2) is 9.73. The molecule has 0 aliphatic rings. The summed E-state index contributed by atoms with van der Waals surface area (Å²) in [7, 11) is 9.24. The van der Waals surface area contributed by atoms with Gasteiger partial charge in [-0.3, -0.25) is 4.79 Å². The lowest BCUT2D eigenvalue weighted by molar-refractivity contribution is 0.0976. The first-order chi connectivity index (χ1) is 13.5. The van der Waals surface area contributed by atoms with Crippen LogP contribution in [0.4, 0.5) is 0 Å². The van der Waals surface area contributed by atoms with E-state index in [-0.39, 0.29) is 12.2 Å². The van der Waals surface area contributed by atoms with Gasteiger partial charge in [-0.15, -0.1) is 0 Å². The number of benzene rings is 2. The Morgan fingerprint density at radius 3 is 1.39 bits per heavy atom. The van der Waals surface area contributed by atoms with E-state index >= 15 is 0 Å². The van der Waals surface area contributed by atoms with Gasteiger partial charge in [-0.2, -0.15) is 0 Å². The van der Waals surface area contributed by atoms with Crippen LogP contribution in [0.2, 0.25) is 0 Å². The van der Waals surface area contributed by atoms with Crippen molar-refractivity contribution in [3.63, 3.8) is 0 Å². The van der Waals surface area contributed by atoms with E-state index in [1.807, 2.05) is 0 Å². The van der Waals surface area contributed by atoms with Crippen LogP contribution in [0.5, 0.6) is 34.5 Å². The molecular formula is C21H26O7. The molecule has 0 fully saturated rings. The van der Waals surface area contributed by atoms with E-state index in [0.29, 0.717) is 46.5 Å². The third-order valence-corrected chi connectivity index (χ3v) is 4.41. The summed E-state index contributed by atoms with van der Waals surface area (Å²) < 4.78 is 32.1. The third-order valence-electron chi connectivity index (χ3n) is 4.41. The summed E-state index contributed by atoms with van der Waals surface area (Å²) in [6, 6.07) is 6.84. The van der Waals surface area contributed by atoms with Crippen LogP contribution in [-0.2, 0) is 6.42 Å². The standard InChI is InChI=1S/C21H26O7/c1-23-13-9-17(25-3)15(18(10-13)26-4)7-8-16(22)21-19(27-5)11-14(24-2)12-20(21)28-6/h9-12H,7-8H2,1-6H3. The van der Waals surface area contributed by atoms with E-state index < -0.39 is 0 Å². The van der Waals surface area contributed by atoms with E-state index in [2.05, 4.69) is 0 Å². The number of hydrogen-bond acceptors (Lipinski definition) is 7. The monoisotopic (exact) mass is 390 g/mol. The Morgan fingerprint density at radius 2 is 1.04 bits per heavy atom. The molecule has 0 radical (unpaired) electrons. The van der Waals surface area contributed by atoms with Crippen molar-refractivity contribution < 1.29 is 33.2 Å². The van der Waals surface area contributed by atoms with Crippen molar-refractivity contribution in [2.24, 2.45) is 0 Å². The molecule has 28 heavy (non-hydrogen) atoms. The van der Waals surface area contributed by atoms with Gasteiger partial charge < -0.3 is 28.4 Å². The SMILES string of the molecule is COc1cc(OC)c(CCC(=O)c2c(OC)cc(OC)cc2OC)c(OC)c1. The molecule has 2 rings (SSSR count). The third kappa shape index (κ3) is 4.42. The van der Waals surface area contributed by atoms with Gasteiger partial charge in [0.25, 0.3) is 0 Å². The molecule has 0 saturated carbocycles. The highest BCUT2D eigenvalue weighted by Gasteiger charge is 2.22. The van der Waals surface area contributed by atoms with E-state index in [4.69, 9.17) is 28.4 Å². The molecule has 7 heteroatoms. The first-order valence-corrected chi connectivity index (χ1v) is 8.64. The Labute approximate surface area is 165 Å². The van der Waals surface area contributed by atoms with Crippen molar-refractivity contribution in [3.05, 3.63) is 35.4 Å². The highest BCUT2D eigenvalue weighted by molar-refractivity contribution is 6.01. The molecule has 0 saturated heterocycles. The molecular weight excluding hydrogens is 364 g/mol. The minimum Gasteiger partial charge on any atom is -0.496 e. The average Bonchev–Trinajstić information content (AvgIpc) is 2.75. The Kier molecular flexibility index (Phi) is 7.37. The molecule has 0 spiro atoms. The fourth-order valence-corrected chi connectivity index (χ4v) is 2.97. The molecule has 0 aliphatic carbocycles. The van der Waals surface area contributed by atoms with Crippen LogP contribution in [0.15, 0.2) is 24.3 Å². The molecule has 0 unspecified atom stereocenters. The van der Waals surface area contributed by atoms with Gasteiger partial charge >= 0.3 is 0 Å². The molecule has 0 atom stereocenters. The molecule has 0 N–H and O–H groups in total. The largest absolute Gasteiger partial charge is 0.496 e. The minimum atomic E-state index is -0.128. The fourth-order valence-electron chi connectivity index (χ4n) is 2.97. The molecule has 7 nitrogen and oxygen atoms in total. The molecule has 0 amide bonds. The number of methoxy groups -OCH3 is 6. The van der Waals surface area contributed by atoms with Gasteiger partial charge in [-0.25, -0.2) is 0 Å². The van der Waals surface area contributed by atoms with Gasteiger partial charge in [0.15, 0.2) is 5.78 Å². The zero-order valence-electron chi connectivity index (χ0n) is 17.1. The van der Waals surface area contributed by atoms with Crippen molar-refractivity contribution >= 4 is 5.78 Å². The number of Topliss-reactive ketones (excluding diaryl/α,β-unsaturated/α-hetero) is 1. The van der Waals surface area contributed by atoms with Gasteiger partial charge in [0.1, 0.15) is 40.1 Å². The van der Waals surface area contributed by atoms with E-state index in [1.54, 1.807) is 45.6 Å². The van der Waals surface area contributed by atoms with E-state index in [9.17, 15) is 4.79 Å². The number of ketones is 1. The van der Waals surface area contributed by atoms with Crippen molar-refractivity contribution in [1.82, 2.24) is 0 Å². The lowest BCUT2D eigenvalue weighted by atomic mass is 9.99. The van der Waals surface area contributed by atoms with E-state index in [1.165, 1.54) is 21.3 Å². The predicted octanol–water partition coefficient (Wildman–Crippen LogP) is 3.55. The molecule has 0 bridgehead atoms. The normalized spacial score (nSPS) is 10.2. The first kappa shape index (κ1) is 21.2. The predicted molar refractivity (Wildman–Crippen MR) is 105 cm³/mol. The zero-order valence-corrected chi connectivity index (χ0v) is 17.1. The van der Waals surface area contributed by atoms with Crippen LogP contribution in [0.3, 0.4) is 0 Å². The van der Waals surface area contributed by atoms with Gasteiger partial charge in [0.2, 0.25) is 0 Å². The second-order valence-corrected chi connectivity index (χ2v) is 5.84. The molecule has 0 aliphatic heterocycles. The maximum atomic E-state index is 13.0. The van der Waals surface area contributed by atoms with Gasteiger partial charge in [-0.05, 0) is 6.42 Å². The number of ether oxygens (including phenoxy) is 6. The second-order valence-electron chi connectivity index (χ2n) is 5.84. The molecule has 2 aromatic carbocycles. The van der Waals surface area contributed by atoms with Crippen LogP contribution in [0.1, 0.15) is 22.3 Å². The summed E-state index contributed by atoms with van der Waals surface area (Å²) in [5, 5.41) is 0. The van der Waals surface area contributed by atoms with Gasteiger partial charge in [-0.1, -0.05) is 0 Å². The highest BCUT2D eigenvalue weighted by atomic mass is 16.5. The summed E-state index contributed by atoms with van der Waals surface area (Å²) in [4.78, 5) is 13.0. The van der Waals surface area contributed by atoms with Crippen LogP contribution >= 0.6 is 0 Å². The van der Waals surface area contributed by atoms with Gasteiger partial charge in [0.05, 0.1) is 42.7 Å². The highest BCUT2D eigenvalue weighted by Crippen LogP contribution is 2.37. The first-order valence-electron chi connectivity index (χ1n) is 8.64. The van der Waals surface area contributed by atoms with Crippen molar-refractivity contribution in [2.75, 3.05) is 42.7 Å². The number of hydrogen-bond donors (Lipinski definition) is 0. The smallest absolute Gasteiger partial charge is 0.170 e. The zero-order chi connectivity index (χ0) is 20.7. The fraction of sp³-hybridized carbons (Fsp3) is 0.381. The summed E-state index contributed by atoms with van der Waals surface area (Å²) in [5.41, 5.74) is 1.16. The Hall–Kier alpha value is -3.09. The summed E-state index contributed by atoms with van der Waals surface area (Å²) in [6.07, 6.45) is 0.617. The summed E-state index contributed by atoms with van der Waals surface area (Å²) in [6.45, 7) is 0. The topological polar surface area (TPSA) is 72.5 Å². The Morgan fingerprint density at radius 1 is 0.643 bits per heavy atom. The van der Waals surface area contributed by atoms with Crippen LogP contribution in [0, 0.1) is 0 Å². The summed E-state index contributed by atoms with van der Waals surface area (Å²) >= 11 is 0.